The third-order valence-electron chi connectivity index (χ3n) is 3.70. The lowest BCUT2D eigenvalue weighted by Crippen LogP contribution is -2.08. The van der Waals surface area contributed by atoms with E-state index in [0.717, 1.165) is 5.56 Å². The van der Waals surface area contributed by atoms with Crippen LogP contribution in [0.15, 0.2) is 42.5 Å². The van der Waals surface area contributed by atoms with Crippen LogP contribution in [-0.2, 0) is 6.42 Å². The van der Waals surface area contributed by atoms with E-state index in [-0.39, 0.29) is 11.6 Å². The first-order valence-corrected chi connectivity index (χ1v) is 7.36. The number of rotatable bonds is 1. The summed E-state index contributed by atoms with van der Waals surface area (Å²) < 4.78 is 32.6. The molecule has 1 aromatic heterocycles. The molecule has 2 heterocycles. The highest BCUT2D eigenvalue weighted by Gasteiger charge is 2.21. The fourth-order valence-corrected chi connectivity index (χ4v) is 2.81. The van der Waals surface area contributed by atoms with Crippen molar-refractivity contribution in [3.8, 4) is 23.0 Å². The molecule has 6 heteroatoms. The Balaban J connectivity index is 1.81. The van der Waals surface area contributed by atoms with Gasteiger partial charge in [0.25, 0.3) is 0 Å². The molecule has 0 radical (unpaired) electrons. The van der Waals surface area contributed by atoms with Gasteiger partial charge < -0.3 is 9.72 Å². The number of hydrogen-bond acceptors (Lipinski definition) is 3. The average molecular weight is 328 g/mol. The normalized spacial score (nSPS) is 12.3. The average Bonchev–Trinajstić information content (AvgIpc) is 2.54. The lowest BCUT2D eigenvalue weighted by molar-refractivity contribution is 0.437. The van der Waals surface area contributed by atoms with Crippen molar-refractivity contribution in [3.63, 3.8) is 0 Å². The van der Waals surface area contributed by atoms with Crippen molar-refractivity contribution in [2.75, 3.05) is 0 Å². The van der Waals surface area contributed by atoms with Crippen molar-refractivity contribution < 1.29 is 13.5 Å². The summed E-state index contributed by atoms with van der Waals surface area (Å²) >= 11 is 5.34. The number of fused-ring (bicyclic) bond motifs is 2. The van der Waals surface area contributed by atoms with Crippen molar-refractivity contribution in [1.29, 1.82) is 0 Å². The summed E-state index contributed by atoms with van der Waals surface area (Å²) in [6, 6.07) is 10.3. The quantitative estimate of drug-likeness (QED) is 0.511. The highest BCUT2D eigenvalue weighted by molar-refractivity contribution is 7.71. The smallest absolute Gasteiger partial charge is 0.205 e. The third kappa shape index (κ3) is 2.51. The summed E-state index contributed by atoms with van der Waals surface area (Å²) in [5, 5.41) is 0. The molecule has 1 N–H and O–H groups in total. The largest absolute Gasteiger partial charge is 0.440 e. The first kappa shape index (κ1) is 14.0. The van der Waals surface area contributed by atoms with Crippen LogP contribution in [0.2, 0.25) is 0 Å². The number of nitrogens with one attached hydrogen (secondary N) is 1. The molecule has 2 aromatic carbocycles. The van der Waals surface area contributed by atoms with Gasteiger partial charge in [0.15, 0.2) is 0 Å². The Hall–Kier alpha value is -2.60. The molecule has 0 atom stereocenters. The van der Waals surface area contributed by atoms with Crippen molar-refractivity contribution in [1.82, 2.24) is 9.97 Å². The molecule has 4 rings (SSSR count). The molecule has 0 bridgehead atoms. The zero-order valence-corrected chi connectivity index (χ0v) is 12.6. The van der Waals surface area contributed by atoms with E-state index in [4.69, 9.17) is 17.0 Å². The molecule has 23 heavy (non-hydrogen) atoms. The molecule has 3 nitrogen and oxygen atoms in total. The number of halogens is 2. The van der Waals surface area contributed by atoms with Gasteiger partial charge in [-0.1, -0.05) is 12.2 Å². The third-order valence-corrected chi connectivity index (χ3v) is 4.03. The van der Waals surface area contributed by atoms with Gasteiger partial charge in [-0.2, -0.15) is 0 Å². The first-order chi connectivity index (χ1) is 11.1. The predicted octanol–water partition coefficient (Wildman–Crippen LogP) is 4.78. The van der Waals surface area contributed by atoms with E-state index in [0.29, 0.717) is 39.6 Å². The van der Waals surface area contributed by atoms with Crippen LogP contribution in [0.1, 0.15) is 11.1 Å². The van der Waals surface area contributed by atoms with E-state index in [1.165, 1.54) is 24.3 Å². The summed E-state index contributed by atoms with van der Waals surface area (Å²) in [5.41, 5.74) is 2.14. The Morgan fingerprint density at radius 3 is 2.57 bits per heavy atom. The van der Waals surface area contributed by atoms with Gasteiger partial charge in [0, 0.05) is 17.5 Å². The van der Waals surface area contributed by atoms with Gasteiger partial charge in [0.1, 0.15) is 27.8 Å². The molecule has 1 aliphatic rings. The Labute approximate surface area is 135 Å². The first-order valence-electron chi connectivity index (χ1n) is 6.95. The van der Waals surface area contributed by atoms with Crippen molar-refractivity contribution >= 4 is 12.2 Å². The number of benzene rings is 2. The fraction of sp³-hybridized carbons (Fsp3) is 0.0588. The topological polar surface area (TPSA) is 37.9 Å². The number of ether oxygens (including phenoxy) is 1. The summed E-state index contributed by atoms with van der Waals surface area (Å²) in [7, 11) is 0. The van der Waals surface area contributed by atoms with Crippen molar-refractivity contribution in [2.24, 2.45) is 0 Å². The lowest BCUT2D eigenvalue weighted by atomic mass is 10.0. The second kappa shape index (κ2) is 5.24. The van der Waals surface area contributed by atoms with E-state index in [2.05, 4.69) is 9.97 Å². The number of nitrogens with zero attached hydrogens (tertiary/aromatic N) is 1. The summed E-state index contributed by atoms with van der Waals surface area (Å²) in [4.78, 5) is 7.43. The van der Waals surface area contributed by atoms with Crippen LogP contribution in [0.5, 0.6) is 11.6 Å². The lowest BCUT2D eigenvalue weighted by Gasteiger charge is -2.20. The molecule has 114 valence electrons. The second-order valence-corrected chi connectivity index (χ2v) is 5.62. The molecular weight excluding hydrogens is 318 g/mol. The summed E-state index contributed by atoms with van der Waals surface area (Å²) in [5.74, 6) is 0.933. The Kier molecular flexibility index (Phi) is 3.20. The molecule has 0 unspecified atom stereocenters. The van der Waals surface area contributed by atoms with Crippen LogP contribution < -0.4 is 4.74 Å². The zero-order valence-electron chi connectivity index (χ0n) is 11.8. The van der Waals surface area contributed by atoms with Crippen LogP contribution in [0.25, 0.3) is 11.4 Å². The molecule has 0 saturated heterocycles. The minimum absolute atomic E-state index is 0.318. The van der Waals surface area contributed by atoms with Gasteiger partial charge in [-0.05, 0) is 42.5 Å². The molecule has 0 fully saturated rings. The van der Waals surface area contributed by atoms with E-state index in [9.17, 15) is 8.78 Å². The Morgan fingerprint density at radius 1 is 1.04 bits per heavy atom. The summed E-state index contributed by atoms with van der Waals surface area (Å²) in [6.07, 6.45) is 0.453. The standard InChI is InChI=1S/C17H10F2N2OS/c18-11-3-1-9(2-4-11)15-20-16-13(17(23)21-15)8-10-7-12(19)5-6-14(10)22-16/h1-7H,8H2,(H,20,21,23). The van der Waals surface area contributed by atoms with Crippen molar-refractivity contribution in [2.45, 2.75) is 6.42 Å². The van der Waals surface area contributed by atoms with Crippen LogP contribution in [0.4, 0.5) is 8.78 Å². The summed E-state index contributed by atoms with van der Waals surface area (Å²) in [6.45, 7) is 0. The van der Waals surface area contributed by atoms with Crippen LogP contribution >= 0.6 is 12.2 Å². The monoisotopic (exact) mass is 328 g/mol. The fourth-order valence-electron chi connectivity index (χ4n) is 2.55. The zero-order chi connectivity index (χ0) is 16.0. The highest BCUT2D eigenvalue weighted by Crippen LogP contribution is 2.36. The molecule has 0 aliphatic carbocycles. The highest BCUT2D eigenvalue weighted by atomic mass is 32.1. The number of hydrogen-bond donors (Lipinski definition) is 1. The van der Waals surface area contributed by atoms with E-state index in [1.807, 2.05) is 0 Å². The number of aromatic amines is 1. The molecule has 0 amide bonds. The molecule has 0 spiro atoms. The minimum atomic E-state index is -0.322. The molecule has 0 saturated carbocycles. The van der Waals surface area contributed by atoms with Crippen LogP contribution in [0.3, 0.4) is 0 Å². The van der Waals surface area contributed by atoms with Crippen LogP contribution in [-0.4, -0.2) is 9.97 Å². The predicted molar refractivity (Wildman–Crippen MR) is 84.1 cm³/mol. The maximum absolute atomic E-state index is 13.4. The van der Waals surface area contributed by atoms with Gasteiger partial charge in [-0.25, -0.2) is 13.8 Å². The minimum Gasteiger partial charge on any atom is -0.440 e. The number of H-pyrrole nitrogens is 1. The van der Waals surface area contributed by atoms with Gasteiger partial charge in [-0.3, -0.25) is 0 Å². The number of aromatic nitrogens is 2. The van der Waals surface area contributed by atoms with Crippen LogP contribution in [0, 0.1) is 16.3 Å². The van der Waals surface area contributed by atoms with E-state index < -0.39 is 0 Å². The second-order valence-electron chi connectivity index (χ2n) is 5.24. The van der Waals surface area contributed by atoms with Crippen molar-refractivity contribution in [3.05, 3.63) is 69.9 Å². The van der Waals surface area contributed by atoms with Gasteiger partial charge >= 0.3 is 0 Å². The maximum Gasteiger partial charge on any atom is 0.205 e. The molecular formula is C17H10F2N2OS. The van der Waals surface area contributed by atoms with Gasteiger partial charge in [0.05, 0.1) is 5.56 Å². The Morgan fingerprint density at radius 2 is 1.78 bits per heavy atom. The van der Waals surface area contributed by atoms with Gasteiger partial charge in [-0.15, -0.1) is 0 Å². The molecule has 3 aromatic rings. The SMILES string of the molecule is Fc1ccc(-c2nc(=S)c3c([nH]2)Oc2ccc(F)cc2C3)cc1. The van der Waals surface area contributed by atoms with E-state index >= 15 is 0 Å². The molecule has 1 aliphatic heterocycles. The maximum atomic E-state index is 13.4. The van der Waals surface area contributed by atoms with E-state index in [1.54, 1.807) is 18.2 Å². The Bertz CT molecular complexity index is 967. The van der Waals surface area contributed by atoms with Gasteiger partial charge in [0.2, 0.25) is 5.88 Å².